The Balaban J connectivity index is 2.07. The Morgan fingerprint density at radius 1 is 1.32 bits per heavy atom. The van der Waals surface area contributed by atoms with Crippen LogP contribution in [0.3, 0.4) is 0 Å². The highest BCUT2D eigenvalue weighted by Crippen LogP contribution is 2.24. The lowest BCUT2D eigenvalue weighted by Gasteiger charge is -2.11. The number of aromatic nitrogens is 1. The number of carbonyl (C=O) groups is 1. The summed E-state index contributed by atoms with van der Waals surface area (Å²) in [6.07, 6.45) is 3.27. The number of para-hydroxylation sites is 2. The van der Waals surface area contributed by atoms with Crippen LogP contribution in [0.2, 0.25) is 0 Å². The van der Waals surface area contributed by atoms with E-state index in [1.165, 1.54) is 6.20 Å². The van der Waals surface area contributed by atoms with E-state index in [1.807, 2.05) is 25.1 Å². The third-order valence-corrected chi connectivity index (χ3v) is 2.89. The largest absolute Gasteiger partial charge is 0.492 e. The first-order valence-corrected chi connectivity index (χ1v) is 7.08. The lowest BCUT2D eigenvalue weighted by atomic mass is 10.2. The molecule has 0 radical (unpaired) electrons. The van der Waals surface area contributed by atoms with E-state index < -0.39 is 0 Å². The lowest BCUT2D eigenvalue weighted by molar-refractivity contribution is 0.102. The predicted molar refractivity (Wildman–Crippen MR) is 88.5 cm³/mol. The maximum atomic E-state index is 12.3. The van der Waals surface area contributed by atoms with Gasteiger partial charge in [-0.2, -0.15) is 0 Å². The van der Waals surface area contributed by atoms with E-state index in [-0.39, 0.29) is 5.91 Å². The van der Waals surface area contributed by atoms with Crippen LogP contribution in [-0.4, -0.2) is 24.0 Å². The maximum absolute atomic E-state index is 12.3. The molecule has 1 aromatic carbocycles. The van der Waals surface area contributed by atoms with Crippen molar-refractivity contribution >= 4 is 17.4 Å². The summed E-state index contributed by atoms with van der Waals surface area (Å²) in [5.74, 6) is 1.12. The molecule has 2 N–H and O–H groups in total. The fraction of sp³-hybridized carbons (Fsp3) is 0.176. The molecule has 22 heavy (non-hydrogen) atoms. The average Bonchev–Trinajstić information content (AvgIpc) is 2.55. The van der Waals surface area contributed by atoms with Gasteiger partial charge in [-0.25, -0.2) is 4.98 Å². The number of nitrogens with one attached hydrogen (secondary N) is 2. The molecule has 114 valence electrons. The topological polar surface area (TPSA) is 63.2 Å². The van der Waals surface area contributed by atoms with Gasteiger partial charge in [0.05, 0.1) is 17.9 Å². The monoisotopic (exact) mass is 297 g/mol. The van der Waals surface area contributed by atoms with Crippen LogP contribution in [-0.2, 0) is 0 Å². The number of carbonyl (C=O) groups excluding carboxylic acids is 1. The fourth-order valence-electron chi connectivity index (χ4n) is 1.86. The molecule has 0 saturated heterocycles. The van der Waals surface area contributed by atoms with Crippen LogP contribution in [0.5, 0.6) is 5.75 Å². The molecule has 0 atom stereocenters. The Morgan fingerprint density at radius 2 is 2.14 bits per heavy atom. The van der Waals surface area contributed by atoms with E-state index in [0.717, 1.165) is 0 Å². The Kier molecular flexibility index (Phi) is 5.54. The van der Waals surface area contributed by atoms with Gasteiger partial charge in [0.15, 0.2) is 0 Å². The highest BCUT2D eigenvalue weighted by molar-refractivity contribution is 6.04. The molecule has 1 aromatic heterocycles. The number of anilines is 2. The van der Waals surface area contributed by atoms with E-state index in [9.17, 15) is 4.79 Å². The molecule has 0 fully saturated rings. The first kappa shape index (κ1) is 15.6. The Bertz CT molecular complexity index is 639. The number of nitrogens with zero attached hydrogens (tertiary/aromatic N) is 1. The van der Waals surface area contributed by atoms with Gasteiger partial charge in [0.1, 0.15) is 11.6 Å². The summed E-state index contributed by atoms with van der Waals surface area (Å²) in [6, 6.07) is 10.8. The molecule has 5 heteroatoms. The number of hydrogen-bond donors (Lipinski definition) is 2. The molecular weight excluding hydrogens is 278 g/mol. The normalized spacial score (nSPS) is 9.86. The highest BCUT2D eigenvalue weighted by atomic mass is 16.5. The molecular formula is C17H19N3O2. The van der Waals surface area contributed by atoms with Gasteiger partial charge in [-0.05, 0) is 31.2 Å². The SMILES string of the molecule is C=CCNc1ccc(C(=O)Nc2ccccc2OCC)cn1. The van der Waals surface area contributed by atoms with Crippen molar-refractivity contribution in [2.45, 2.75) is 6.92 Å². The van der Waals surface area contributed by atoms with Crippen molar-refractivity contribution in [2.75, 3.05) is 23.8 Å². The van der Waals surface area contributed by atoms with E-state index in [2.05, 4.69) is 22.2 Å². The van der Waals surface area contributed by atoms with E-state index >= 15 is 0 Å². The van der Waals surface area contributed by atoms with Gasteiger partial charge in [0.25, 0.3) is 5.91 Å². The zero-order valence-corrected chi connectivity index (χ0v) is 12.5. The summed E-state index contributed by atoms with van der Waals surface area (Å²) in [5, 5.41) is 5.89. The standard InChI is InChI=1S/C17H19N3O2/c1-3-11-18-16-10-9-13(12-19-16)17(21)20-14-7-5-6-8-15(14)22-4-2/h3,5-10,12H,1,4,11H2,2H3,(H,18,19)(H,20,21). The van der Waals surface area contributed by atoms with Crippen molar-refractivity contribution < 1.29 is 9.53 Å². The summed E-state index contributed by atoms with van der Waals surface area (Å²) < 4.78 is 5.49. The minimum Gasteiger partial charge on any atom is -0.492 e. The zero-order chi connectivity index (χ0) is 15.8. The first-order chi connectivity index (χ1) is 10.7. The molecule has 0 aliphatic heterocycles. The minimum atomic E-state index is -0.227. The Hall–Kier alpha value is -2.82. The van der Waals surface area contributed by atoms with E-state index in [1.54, 1.807) is 24.3 Å². The number of amides is 1. The van der Waals surface area contributed by atoms with Crippen molar-refractivity contribution in [1.82, 2.24) is 4.98 Å². The van der Waals surface area contributed by atoms with Crippen LogP contribution in [0.1, 0.15) is 17.3 Å². The van der Waals surface area contributed by atoms with Crippen molar-refractivity contribution in [3.05, 3.63) is 60.8 Å². The van der Waals surface area contributed by atoms with Crippen LogP contribution in [0.4, 0.5) is 11.5 Å². The lowest BCUT2D eigenvalue weighted by Crippen LogP contribution is -2.13. The number of pyridine rings is 1. The predicted octanol–water partition coefficient (Wildman–Crippen LogP) is 3.33. The Morgan fingerprint density at radius 3 is 2.82 bits per heavy atom. The average molecular weight is 297 g/mol. The van der Waals surface area contributed by atoms with Crippen LogP contribution >= 0.6 is 0 Å². The molecule has 0 aliphatic rings. The highest BCUT2D eigenvalue weighted by Gasteiger charge is 2.10. The molecule has 0 spiro atoms. The fourth-order valence-corrected chi connectivity index (χ4v) is 1.86. The van der Waals surface area contributed by atoms with Crippen LogP contribution in [0.25, 0.3) is 0 Å². The quantitative estimate of drug-likeness (QED) is 0.769. The molecule has 1 heterocycles. The van der Waals surface area contributed by atoms with Crippen molar-refractivity contribution in [3.8, 4) is 5.75 Å². The summed E-state index contributed by atoms with van der Waals surface area (Å²) in [5.41, 5.74) is 1.12. The number of ether oxygens (including phenoxy) is 1. The molecule has 5 nitrogen and oxygen atoms in total. The summed E-state index contributed by atoms with van der Waals surface area (Å²) in [4.78, 5) is 16.4. The molecule has 0 saturated carbocycles. The molecule has 0 bridgehead atoms. The number of rotatable bonds is 7. The van der Waals surface area contributed by atoms with Gasteiger partial charge >= 0.3 is 0 Å². The number of benzene rings is 1. The Labute approximate surface area is 130 Å². The zero-order valence-electron chi connectivity index (χ0n) is 12.5. The summed E-state index contributed by atoms with van der Waals surface area (Å²) in [7, 11) is 0. The van der Waals surface area contributed by atoms with Crippen molar-refractivity contribution in [1.29, 1.82) is 0 Å². The maximum Gasteiger partial charge on any atom is 0.257 e. The second-order valence-electron chi connectivity index (χ2n) is 4.48. The summed E-state index contributed by atoms with van der Waals surface area (Å²) >= 11 is 0. The van der Waals surface area contributed by atoms with Crippen molar-refractivity contribution in [3.63, 3.8) is 0 Å². The first-order valence-electron chi connectivity index (χ1n) is 7.08. The van der Waals surface area contributed by atoms with Gasteiger partial charge in [0.2, 0.25) is 0 Å². The minimum absolute atomic E-state index is 0.227. The third-order valence-electron chi connectivity index (χ3n) is 2.89. The van der Waals surface area contributed by atoms with E-state index in [4.69, 9.17) is 4.74 Å². The van der Waals surface area contributed by atoms with Crippen LogP contribution < -0.4 is 15.4 Å². The third kappa shape index (κ3) is 4.09. The smallest absolute Gasteiger partial charge is 0.257 e. The van der Waals surface area contributed by atoms with E-state index in [0.29, 0.717) is 36.0 Å². The molecule has 2 rings (SSSR count). The van der Waals surface area contributed by atoms with Gasteiger partial charge in [-0.3, -0.25) is 4.79 Å². The summed E-state index contributed by atoms with van der Waals surface area (Å²) in [6.45, 7) is 6.69. The van der Waals surface area contributed by atoms with Gasteiger partial charge < -0.3 is 15.4 Å². The van der Waals surface area contributed by atoms with Gasteiger partial charge in [-0.15, -0.1) is 6.58 Å². The second-order valence-corrected chi connectivity index (χ2v) is 4.48. The van der Waals surface area contributed by atoms with Gasteiger partial charge in [0, 0.05) is 12.7 Å². The molecule has 2 aromatic rings. The van der Waals surface area contributed by atoms with Crippen LogP contribution in [0.15, 0.2) is 55.3 Å². The second kappa shape index (κ2) is 7.83. The molecule has 0 aliphatic carbocycles. The molecule has 1 amide bonds. The number of hydrogen-bond acceptors (Lipinski definition) is 4. The molecule has 0 unspecified atom stereocenters. The van der Waals surface area contributed by atoms with Gasteiger partial charge in [-0.1, -0.05) is 18.2 Å². The van der Waals surface area contributed by atoms with Crippen molar-refractivity contribution in [2.24, 2.45) is 0 Å². The van der Waals surface area contributed by atoms with Crippen LogP contribution in [0, 0.1) is 0 Å².